The lowest BCUT2D eigenvalue weighted by Crippen LogP contribution is -2.21. The Morgan fingerprint density at radius 2 is 2.09 bits per heavy atom. The van der Waals surface area contributed by atoms with Crippen LogP contribution in [0.4, 0.5) is 0 Å². The van der Waals surface area contributed by atoms with Crippen molar-refractivity contribution in [3.63, 3.8) is 0 Å². The highest BCUT2D eigenvalue weighted by Crippen LogP contribution is 2.36. The van der Waals surface area contributed by atoms with Crippen molar-refractivity contribution in [3.05, 3.63) is 38.0 Å². The molecular weight excluding hydrogens is 432 g/mol. The van der Waals surface area contributed by atoms with Gasteiger partial charge in [-0.1, -0.05) is 0 Å². The van der Waals surface area contributed by atoms with Gasteiger partial charge in [-0.2, -0.15) is 10.2 Å². The third-order valence-corrected chi connectivity index (χ3v) is 4.86. The maximum atomic E-state index is 12.2. The average Bonchev–Trinajstić information content (AvgIpc) is 3.03. The summed E-state index contributed by atoms with van der Waals surface area (Å²) >= 11 is 6.78. The zero-order valence-corrected chi connectivity index (χ0v) is 15.4. The second-order valence-electron chi connectivity index (χ2n) is 4.80. The number of halogens is 2. The van der Waals surface area contributed by atoms with Gasteiger partial charge in [0.15, 0.2) is 11.5 Å². The van der Waals surface area contributed by atoms with Gasteiger partial charge in [-0.25, -0.2) is 5.43 Å². The lowest BCUT2D eigenvalue weighted by molar-refractivity contribution is 0.0945. The number of nitrogens with zero attached hydrogens (tertiary/aromatic N) is 3. The molecule has 0 spiro atoms. The van der Waals surface area contributed by atoms with E-state index in [9.17, 15) is 4.79 Å². The van der Waals surface area contributed by atoms with Crippen molar-refractivity contribution >= 4 is 44.0 Å². The second-order valence-corrected chi connectivity index (χ2v) is 6.45. The number of hydrogen-bond acceptors (Lipinski definition) is 5. The van der Waals surface area contributed by atoms with Crippen LogP contribution < -0.4 is 14.9 Å². The fourth-order valence-corrected chi connectivity index (χ4v) is 3.06. The van der Waals surface area contributed by atoms with E-state index < -0.39 is 0 Å². The summed E-state index contributed by atoms with van der Waals surface area (Å²) < 4.78 is 13.5. The number of benzene rings is 1. The first-order valence-corrected chi connectivity index (χ1v) is 8.17. The smallest absolute Gasteiger partial charge is 0.290 e. The first-order chi connectivity index (χ1) is 11.0. The summed E-state index contributed by atoms with van der Waals surface area (Å²) in [6.07, 6.45) is 1.53. The summed E-state index contributed by atoms with van der Waals surface area (Å²) in [6.45, 7) is 2.01. The van der Waals surface area contributed by atoms with Gasteiger partial charge in [0.05, 0.1) is 16.4 Å². The number of aromatic nitrogens is 2. The number of nitrogens with one attached hydrogen (secondary N) is 1. The highest BCUT2D eigenvalue weighted by atomic mass is 79.9. The Labute approximate surface area is 148 Å². The molecule has 1 aromatic carbocycles. The minimum Gasteiger partial charge on any atom is -0.454 e. The van der Waals surface area contributed by atoms with Crippen molar-refractivity contribution in [1.29, 1.82) is 0 Å². The van der Waals surface area contributed by atoms with Crippen molar-refractivity contribution < 1.29 is 14.3 Å². The van der Waals surface area contributed by atoms with Gasteiger partial charge in [-0.05, 0) is 50.9 Å². The summed E-state index contributed by atoms with van der Waals surface area (Å²) in [6, 6.07) is 3.58. The molecule has 1 N–H and O–H groups in total. The van der Waals surface area contributed by atoms with Crippen LogP contribution in [0, 0.1) is 6.92 Å². The molecule has 0 unspecified atom stereocenters. The van der Waals surface area contributed by atoms with Crippen molar-refractivity contribution in [1.82, 2.24) is 15.2 Å². The van der Waals surface area contributed by atoms with E-state index in [-0.39, 0.29) is 12.7 Å². The summed E-state index contributed by atoms with van der Waals surface area (Å²) in [5.41, 5.74) is 4.39. The highest BCUT2D eigenvalue weighted by molar-refractivity contribution is 9.10. The Kier molecular flexibility index (Phi) is 4.40. The molecule has 0 radical (unpaired) electrons. The first-order valence-electron chi connectivity index (χ1n) is 6.59. The van der Waals surface area contributed by atoms with Crippen LogP contribution in [-0.4, -0.2) is 28.7 Å². The number of fused-ring (bicyclic) bond motifs is 1. The molecular formula is C14H12Br2N4O3. The fraction of sp³-hybridized carbons (Fsp3) is 0.214. The summed E-state index contributed by atoms with van der Waals surface area (Å²) in [4.78, 5) is 12.2. The molecule has 9 heteroatoms. The van der Waals surface area contributed by atoms with E-state index >= 15 is 0 Å². The molecule has 3 rings (SSSR count). The number of rotatable bonds is 3. The molecule has 2 aromatic rings. The van der Waals surface area contributed by atoms with Crippen molar-refractivity contribution in [2.75, 3.05) is 6.79 Å². The molecule has 0 bridgehead atoms. The third kappa shape index (κ3) is 3.11. The van der Waals surface area contributed by atoms with Crippen LogP contribution in [0.5, 0.6) is 11.5 Å². The summed E-state index contributed by atoms with van der Waals surface area (Å²) in [7, 11) is 1.70. The SMILES string of the molecule is Cc1nn(C)c(C(=O)NN=Cc2cc3c(cc2Br)OCO3)c1Br. The largest absolute Gasteiger partial charge is 0.454 e. The average molecular weight is 444 g/mol. The van der Waals surface area contributed by atoms with Crippen LogP contribution in [0.1, 0.15) is 21.7 Å². The molecule has 1 aliphatic heterocycles. The van der Waals surface area contributed by atoms with Crippen LogP contribution in [-0.2, 0) is 7.05 Å². The number of carbonyl (C=O) groups excluding carboxylic acids is 1. The molecule has 23 heavy (non-hydrogen) atoms. The minimum absolute atomic E-state index is 0.201. The van der Waals surface area contributed by atoms with Gasteiger partial charge in [-0.3, -0.25) is 9.48 Å². The Bertz CT molecular complexity index is 817. The highest BCUT2D eigenvalue weighted by Gasteiger charge is 2.18. The van der Waals surface area contributed by atoms with E-state index in [1.807, 2.05) is 6.92 Å². The molecule has 1 aliphatic rings. The van der Waals surface area contributed by atoms with E-state index in [0.29, 0.717) is 21.7 Å². The Hall–Kier alpha value is -1.87. The van der Waals surface area contributed by atoms with Crippen LogP contribution >= 0.6 is 31.9 Å². The monoisotopic (exact) mass is 442 g/mol. The van der Waals surface area contributed by atoms with Crippen LogP contribution in [0.3, 0.4) is 0 Å². The molecule has 1 aromatic heterocycles. The van der Waals surface area contributed by atoms with Gasteiger partial charge in [0, 0.05) is 17.1 Å². The van der Waals surface area contributed by atoms with Gasteiger partial charge in [0.25, 0.3) is 5.91 Å². The zero-order chi connectivity index (χ0) is 16.6. The standard InChI is InChI=1S/C14H12Br2N4O3/c1-7-12(16)13(20(2)19-7)14(21)18-17-5-8-3-10-11(4-9(8)15)23-6-22-10/h3-5H,6H2,1-2H3,(H,18,21). The minimum atomic E-state index is -0.354. The molecule has 2 heterocycles. The third-order valence-electron chi connectivity index (χ3n) is 3.23. The van der Waals surface area contributed by atoms with Crippen molar-refractivity contribution in [3.8, 4) is 11.5 Å². The molecule has 120 valence electrons. The molecule has 1 amide bonds. The summed E-state index contributed by atoms with van der Waals surface area (Å²) in [5.74, 6) is 0.964. The number of amides is 1. The Morgan fingerprint density at radius 3 is 2.74 bits per heavy atom. The molecule has 0 saturated heterocycles. The quantitative estimate of drug-likeness (QED) is 0.584. The normalized spacial score (nSPS) is 12.9. The second kappa shape index (κ2) is 6.32. The first kappa shape index (κ1) is 16.0. The number of hydrogen-bond donors (Lipinski definition) is 1. The van der Waals surface area contributed by atoms with Gasteiger partial charge >= 0.3 is 0 Å². The van der Waals surface area contributed by atoms with Crippen LogP contribution in [0.15, 0.2) is 26.2 Å². The Balaban J connectivity index is 1.75. The lowest BCUT2D eigenvalue weighted by Gasteiger charge is -2.03. The Morgan fingerprint density at radius 1 is 1.39 bits per heavy atom. The van der Waals surface area contributed by atoms with Crippen LogP contribution in [0.25, 0.3) is 0 Å². The fourth-order valence-electron chi connectivity index (χ4n) is 2.12. The van der Waals surface area contributed by atoms with Gasteiger partial charge in [0.2, 0.25) is 6.79 Å². The van der Waals surface area contributed by atoms with Gasteiger partial charge in [0.1, 0.15) is 5.69 Å². The van der Waals surface area contributed by atoms with E-state index in [1.165, 1.54) is 10.9 Å². The number of ether oxygens (including phenoxy) is 2. The maximum absolute atomic E-state index is 12.2. The number of hydrazone groups is 1. The molecule has 7 nitrogen and oxygen atoms in total. The van der Waals surface area contributed by atoms with E-state index in [4.69, 9.17) is 9.47 Å². The van der Waals surface area contributed by atoms with Gasteiger partial charge in [-0.15, -0.1) is 0 Å². The molecule has 0 fully saturated rings. The predicted octanol–water partition coefficient (Wildman–Crippen LogP) is 2.75. The number of aryl methyl sites for hydroxylation is 2. The number of carbonyl (C=O) groups is 1. The molecule has 0 aliphatic carbocycles. The zero-order valence-electron chi connectivity index (χ0n) is 12.3. The van der Waals surface area contributed by atoms with Crippen LogP contribution in [0.2, 0.25) is 0 Å². The molecule has 0 saturated carbocycles. The maximum Gasteiger partial charge on any atom is 0.290 e. The van der Waals surface area contributed by atoms with Gasteiger partial charge < -0.3 is 9.47 Å². The van der Waals surface area contributed by atoms with Crippen molar-refractivity contribution in [2.45, 2.75) is 6.92 Å². The summed E-state index contributed by atoms with van der Waals surface area (Å²) in [5, 5.41) is 8.15. The predicted molar refractivity (Wildman–Crippen MR) is 91.0 cm³/mol. The van der Waals surface area contributed by atoms with Crippen molar-refractivity contribution in [2.24, 2.45) is 12.1 Å². The topological polar surface area (TPSA) is 77.7 Å². The van der Waals surface area contributed by atoms with E-state index in [0.717, 1.165) is 15.7 Å². The van der Waals surface area contributed by atoms with E-state index in [1.54, 1.807) is 19.2 Å². The van der Waals surface area contributed by atoms with E-state index in [2.05, 4.69) is 47.5 Å². The lowest BCUT2D eigenvalue weighted by atomic mass is 10.2. The molecule has 0 atom stereocenters.